The molecule has 0 bridgehead atoms. The molecule has 0 aromatic heterocycles. The highest BCUT2D eigenvalue weighted by Gasteiger charge is 2.16. The first kappa shape index (κ1) is 17.0. The van der Waals surface area contributed by atoms with E-state index >= 15 is 0 Å². The first-order chi connectivity index (χ1) is 10.1. The molecule has 21 heavy (non-hydrogen) atoms. The Morgan fingerprint density at radius 3 is 2.24 bits per heavy atom. The third-order valence-electron chi connectivity index (χ3n) is 3.24. The van der Waals surface area contributed by atoms with Crippen molar-refractivity contribution in [1.82, 2.24) is 9.80 Å². The van der Waals surface area contributed by atoms with Crippen LogP contribution in [0.2, 0.25) is 0 Å². The van der Waals surface area contributed by atoms with E-state index < -0.39 is 0 Å². The maximum atomic E-state index is 11.9. The van der Waals surface area contributed by atoms with E-state index in [0.717, 1.165) is 5.75 Å². The van der Waals surface area contributed by atoms with Gasteiger partial charge in [-0.2, -0.15) is 0 Å². The maximum absolute atomic E-state index is 11.9. The van der Waals surface area contributed by atoms with Crippen molar-refractivity contribution in [2.45, 2.75) is 20.3 Å². The summed E-state index contributed by atoms with van der Waals surface area (Å²) in [5.41, 5.74) is 0. The summed E-state index contributed by atoms with van der Waals surface area (Å²) in [6, 6.07) is 9.36. The monoisotopic (exact) mass is 292 g/mol. The topological polar surface area (TPSA) is 49.9 Å². The number of rotatable bonds is 8. The van der Waals surface area contributed by atoms with Crippen LogP contribution in [-0.2, 0) is 9.59 Å². The van der Waals surface area contributed by atoms with Crippen molar-refractivity contribution in [2.75, 3.05) is 33.3 Å². The van der Waals surface area contributed by atoms with Crippen molar-refractivity contribution in [3.8, 4) is 5.75 Å². The first-order valence-corrected chi connectivity index (χ1v) is 7.28. The molecule has 2 amide bonds. The van der Waals surface area contributed by atoms with Crippen LogP contribution in [0.15, 0.2) is 30.3 Å². The van der Waals surface area contributed by atoms with Crippen LogP contribution in [0.1, 0.15) is 20.3 Å². The van der Waals surface area contributed by atoms with E-state index in [2.05, 4.69) is 0 Å². The van der Waals surface area contributed by atoms with Crippen molar-refractivity contribution in [2.24, 2.45) is 0 Å². The zero-order valence-electron chi connectivity index (χ0n) is 13.0. The van der Waals surface area contributed by atoms with Gasteiger partial charge in [-0.1, -0.05) is 18.2 Å². The Labute approximate surface area is 126 Å². The van der Waals surface area contributed by atoms with Gasteiger partial charge in [0, 0.05) is 20.1 Å². The number of carbonyl (C=O) groups excluding carboxylic acids is 2. The van der Waals surface area contributed by atoms with Gasteiger partial charge >= 0.3 is 0 Å². The van der Waals surface area contributed by atoms with Crippen molar-refractivity contribution < 1.29 is 14.3 Å². The Morgan fingerprint density at radius 1 is 1.05 bits per heavy atom. The molecule has 1 aromatic rings. The first-order valence-electron chi connectivity index (χ1n) is 7.28. The number of hydrogen-bond donors (Lipinski definition) is 0. The Kier molecular flexibility index (Phi) is 7.29. The van der Waals surface area contributed by atoms with Crippen LogP contribution in [0.25, 0.3) is 0 Å². The fraction of sp³-hybridized carbons (Fsp3) is 0.500. The molecular formula is C16H24N2O3. The van der Waals surface area contributed by atoms with Crippen molar-refractivity contribution in [3.05, 3.63) is 30.3 Å². The van der Waals surface area contributed by atoms with E-state index in [-0.39, 0.29) is 24.8 Å². The number of amides is 2. The number of nitrogens with zero attached hydrogens (tertiary/aromatic N) is 2. The van der Waals surface area contributed by atoms with Gasteiger partial charge in [0.25, 0.3) is 0 Å². The maximum Gasteiger partial charge on any atom is 0.242 e. The summed E-state index contributed by atoms with van der Waals surface area (Å²) in [6.07, 6.45) is 0.261. The molecule has 0 unspecified atom stereocenters. The van der Waals surface area contributed by atoms with Crippen molar-refractivity contribution in [1.29, 1.82) is 0 Å². The van der Waals surface area contributed by atoms with Gasteiger partial charge in [-0.05, 0) is 26.0 Å². The summed E-state index contributed by atoms with van der Waals surface area (Å²) >= 11 is 0. The number of carbonyl (C=O) groups is 2. The van der Waals surface area contributed by atoms with Gasteiger partial charge in [-0.15, -0.1) is 0 Å². The van der Waals surface area contributed by atoms with Crippen LogP contribution in [0.5, 0.6) is 5.75 Å². The van der Waals surface area contributed by atoms with E-state index in [0.29, 0.717) is 19.7 Å². The van der Waals surface area contributed by atoms with Crippen LogP contribution in [-0.4, -0.2) is 54.9 Å². The summed E-state index contributed by atoms with van der Waals surface area (Å²) < 4.78 is 5.48. The Morgan fingerprint density at radius 2 is 1.67 bits per heavy atom. The van der Waals surface area contributed by atoms with E-state index in [1.165, 1.54) is 4.90 Å². The molecule has 0 N–H and O–H groups in total. The Bertz CT molecular complexity index is 444. The number of benzene rings is 1. The molecule has 0 saturated heterocycles. The van der Waals surface area contributed by atoms with Gasteiger partial charge in [0.15, 0.2) is 0 Å². The minimum absolute atomic E-state index is 0.0279. The van der Waals surface area contributed by atoms with E-state index in [4.69, 9.17) is 4.74 Å². The van der Waals surface area contributed by atoms with Gasteiger partial charge in [0.2, 0.25) is 11.8 Å². The number of hydrogen-bond acceptors (Lipinski definition) is 3. The third kappa shape index (κ3) is 5.85. The summed E-state index contributed by atoms with van der Waals surface area (Å²) in [6.45, 7) is 5.61. The molecule has 5 heteroatoms. The highest BCUT2D eigenvalue weighted by atomic mass is 16.5. The molecule has 1 aromatic carbocycles. The standard InChI is InChI=1S/C16H24N2O3/c1-4-18(5-2)16(20)13-17(3)15(19)11-12-21-14-9-7-6-8-10-14/h6-10H,4-5,11-13H2,1-3H3. The second-order valence-electron chi connectivity index (χ2n) is 4.73. The average Bonchev–Trinajstić information content (AvgIpc) is 2.49. The van der Waals surface area contributed by atoms with Crippen molar-refractivity contribution >= 4 is 11.8 Å². The van der Waals surface area contributed by atoms with Gasteiger partial charge in [0.1, 0.15) is 5.75 Å². The van der Waals surface area contributed by atoms with E-state index in [1.54, 1.807) is 11.9 Å². The molecule has 0 spiro atoms. The number of para-hydroxylation sites is 1. The van der Waals surface area contributed by atoms with Gasteiger partial charge in [0.05, 0.1) is 19.6 Å². The molecule has 5 nitrogen and oxygen atoms in total. The Hall–Kier alpha value is -2.04. The lowest BCUT2D eigenvalue weighted by atomic mass is 10.3. The Balaban J connectivity index is 2.32. The predicted octanol–water partition coefficient (Wildman–Crippen LogP) is 1.78. The molecule has 0 radical (unpaired) electrons. The summed E-state index contributed by atoms with van der Waals surface area (Å²) in [5, 5.41) is 0. The number of ether oxygens (including phenoxy) is 1. The van der Waals surface area contributed by atoms with Gasteiger partial charge < -0.3 is 14.5 Å². The molecule has 0 fully saturated rings. The van der Waals surface area contributed by atoms with Crippen LogP contribution in [0.3, 0.4) is 0 Å². The highest BCUT2D eigenvalue weighted by molar-refractivity contribution is 5.84. The smallest absolute Gasteiger partial charge is 0.242 e. The second kappa shape index (κ2) is 9.00. The normalized spacial score (nSPS) is 10.0. The van der Waals surface area contributed by atoms with E-state index in [9.17, 15) is 9.59 Å². The zero-order valence-corrected chi connectivity index (χ0v) is 13.0. The minimum Gasteiger partial charge on any atom is -0.493 e. The van der Waals surface area contributed by atoms with Crippen LogP contribution in [0, 0.1) is 0 Å². The fourth-order valence-corrected chi connectivity index (χ4v) is 1.93. The highest BCUT2D eigenvalue weighted by Crippen LogP contribution is 2.08. The van der Waals surface area contributed by atoms with Gasteiger partial charge in [-0.25, -0.2) is 0 Å². The molecule has 0 heterocycles. The molecule has 1 rings (SSSR count). The number of likely N-dealkylation sites (N-methyl/N-ethyl adjacent to an activating group) is 2. The predicted molar refractivity (Wildman–Crippen MR) is 82.1 cm³/mol. The summed E-state index contributed by atoms with van der Waals surface area (Å²) in [5.74, 6) is 0.624. The SMILES string of the molecule is CCN(CC)C(=O)CN(C)C(=O)CCOc1ccccc1. The lowest BCUT2D eigenvalue weighted by Gasteiger charge is -2.23. The minimum atomic E-state index is -0.0913. The molecule has 0 aliphatic heterocycles. The molecule has 0 atom stereocenters. The van der Waals surface area contributed by atoms with E-state index in [1.807, 2.05) is 44.2 Å². The summed E-state index contributed by atoms with van der Waals surface area (Å²) in [7, 11) is 1.65. The lowest BCUT2D eigenvalue weighted by Crippen LogP contribution is -2.41. The van der Waals surface area contributed by atoms with Crippen LogP contribution < -0.4 is 4.74 Å². The lowest BCUT2D eigenvalue weighted by molar-refractivity contribution is -0.139. The molecule has 116 valence electrons. The average molecular weight is 292 g/mol. The fourth-order valence-electron chi connectivity index (χ4n) is 1.93. The third-order valence-corrected chi connectivity index (χ3v) is 3.24. The van der Waals surface area contributed by atoms with Crippen LogP contribution in [0.4, 0.5) is 0 Å². The van der Waals surface area contributed by atoms with Crippen molar-refractivity contribution in [3.63, 3.8) is 0 Å². The molecule has 0 saturated carbocycles. The molecule has 0 aliphatic rings. The molecular weight excluding hydrogens is 268 g/mol. The van der Waals surface area contributed by atoms with Gasteiger partial charge in [-0.3, -0.25) is 9.59 Å². The van der Waals surface area contributed by atoms with Crippen LogP contribution >= 0.6 is 0 Å². The molecule has 0 aliphatic carbocycles. The summed E-state index contributed by atoms with van der Waals surface area (Å²) in [4.78, 5) is 27.0. The second-order valence-corrected chi connectivity index (χ2v) is 4.73. The quantitative estimate of drug-likeness (QED) is 0.734. The largest absolute Gasteiger partial charge is 0.493 e. The zero-order chi connectivity index (χ0) is 15.7.